The molecule has 6 heteroatoms. The molecule has 1 N–H and O–H groups in total. The number of amides is 1. The third-order valence-corrected chi connectivity index (χ3v) is 2.43. The maximum absolute atomic E-state index is 11.5. The summed E-state index contributed by atoms with van der Waals surface area (Å²) in [6, 6.07) is 6.76. The van der Waals surface area contributed by atoms with Crippen LogP contribution in [0.1, 0.15) is 31.1 Å². The molecule has 0 bridgehead atoms. The fourth-order valence-electron chi connectivity index (χ4n) is 1.03. The largest absolute Gasteiger partial charge is 0.442 e. The summed E-state index contributed by atoms with van der Waals surface area (Å²) in [6.07, 6.45) is -0.804. The SMILES string of the molecule is CC(C)(C)OC(=O)NOC(=O)c1ccc(I)cc1. The van der Waals surface area contributed by atoms with E-state index < -0.39 is 17.7 Å². The minimum Gasteiger partial charge on any atom is -0.442 e. The molecule has 0 saturated heterocycles. The van der Waals surface area contributed by atoms with E-state index in [9.17, 15) is 9.59 Å². The molecule has 0 radical (unpaired) electrons. The van der Waals surface area contributed by atoms with Gasteiger partial charge in [-0.15, -0.1) is 5.48 Å². The lowest BCUT2D eigenvalue weighted by molar-refractivity contribution is -0.00129. The Morgan fingerprint density at radius 2 is 1.72 bits per heavy atom. The molecule has 0 aromatic heterocycles. The van der Waals surface area contributed by atoms with E-state index in [1.54, 1.807) is 45.0 Å². The lowest BCUT2D eigenvalue weighted by atomic mass is 10.2. The number of hydrogen-bond acceptors (Lipinski definition) is 4. The first-order valence-electron chi connectivity index (χ1n) is 5.24. The van der Waals surface area contributed by atoms with Crippen LogP contribution in [0.4, 0.5) is 4.79 Å². The quantitative estimate of drug-likeness (QED) is 0.616. The summed E-state index contributed by atoms with van der Waals surface area (Å²) in [7, 11) is 0. The molecule has 98 valence electrons. The van der Waals surface area contributed by atoms with Gasteiger partial charge in [-0.3, -0.25) is 0 Å². The maximum atomic E-state index is 11.5. The molecular formula is C12H14INO4. The molecule has 1 aromatic carbocycles. The second-order valence-electron chi connectivity index (χ2n) is 4.50. The van der Waals surface area contributed by atoms with Gasteiger partial charge in [0.05, 0.1) is 5.56 Å². The van der Waals surface area contributed by atoms with Crippen molar-refractivity contribution in [2.75, 3.05) is 0 Å². The zero-order valence-corrected chi connectivity index (χ0v) is 12.5. The van der Waals surface area contributed by atoms with Gasteiger partial charge in [0.2, 0.25) is 0 Å². The highest BCUT2D eigenvalue weighted by molar-refractivity contribution is 14.1. The fourth-order valence-corrected chi connectivity index (χ4v) is 1.39. The first-order valence-corrected chi connectivity index (χ1v) is 6.31. The minimum absolute atomic E-state index is 0.353. The summed E-state index contributed by atoms with van der Waals surface area (Å²) >= 11 is 2.12. The van der Waals surface area contributed by atoms with E-state index in [4.69, 9.17) is 4.74 Å². The van der Waals surface area contributed by atoms with Gasteiger partial charge < -0.3 is 9.57 Å². The first kappa shape index (κ1) is 14.7. The van der Waals surface area contributed by atoms with Crippen LogP contribution < -0.4 is 5.48 Å². The Balaban J connectivity index is 2.47. The molecule has 1 aromatic rings. The summed E-state index contributed by atoms with van der Waals surface area (Å²) in [5, 5.41) is 0. The van der Waals surface area contributed by atoms with Crippen molar-refractivity contribution in [1.29, 1.82) is 0 Å². The van der Waals surface area contributed by atoms with Crippen molar-refractivity contribution in [1.82, 2.24) is 5.48 Å². The van der Waals surface area contributed by atoms with Gasteiger partial charge in [-0.25, -0.2) is 9.59 Å². The number of hydroxylamine groups is 1. The van der Waals surface area contributed by atoms with Crippen molar-refractivity contribution in [2.45, 2.75) is 26.4 Å². The second-order valence-corrected chi connectivity index (χ2v) is 5.75. The number of ether oxygens (including phenoxy) is 1. The van der Waals surface area contributed by atoms with E-state index >= 15 is 0 Å². The zero-order valence-electron chi connectivity index (χ0n) is 10.3. The van der Waals surface area contributed by atoms with Crippen LogP contribution in [0.2, 0.25) is 0 Å². The van der Waals surface area contributed by atoms with Gasteiger partial charge in [0, 0.05) is 3.57 Å². The van der Waals surface area contributed by atoms with E-state index in [-0.39, 0.29) is 0 Å². The number of carbonyl (C=O) groups excluding carboxylic acids is 2. The molecule has 1 rings (SSSR count). The van der Waals surface area contributed by atoms with Crippen LogP contribution in [-0.4, -0.2) is 17.7 Å². The van der Waals surface area contributed by atoms with Gasteiger partial charge in [0.15, 0.2) is 0 Å². The topological polar surface area (TPSA) is 64.6 Å². The van der Waals surface area contributed by atoms with Gasteiger partial charge >= 0.3 is 12.1 Å². The molecule has 5 nitrogen and oxygen atoms in total. The predicted octanol–water partition coefficient (Wildman–Crippen LogP) is 2.89. The van der Waals surface area contributed by atoms with E-state index in [0.29, 0.717) is 5.56 Å². The molecule has 0 saturated carbocycles. The third-order valence-electron chi connectivity index (χ3n) is 1.71. The maximum Gasteiger partial charge on any atom is 0.441 e. The molecule has 18 heavy (non-hydrogen) atoms. The van der Waals surface area contributed by atoms with Crippen molar-refractivity contribution in [3.8, 4) is 0 Å². The Kier molecular flexibility index (Phi) is 4.94. The molecule has 0 aliphatic rings. The van der Waals surface area contributed by atoms with Crippen LogP contribution in [0.5, 0.6) is 0 Å². The monoisotopic (exact) mass is 363 g/mol. The van der Waals surface area contributed by atoms with Crippen molar-refractivity contribution in [3.05, 3.63) is 33.4 Å². The molecule has 0 spiro atoms. The number of carbonyl (C=O) groups is 2. The van der Waals surface area contributed by atoms with E-state index in [2.05, 4.69) is 27.4 Å². The molecule has 0 fully saturated rings. The smallest absolute Gasteiger partial charge is 0.441 e. The van der Waals surface area contributed by atoms with Crippen LogP contribution in [0, 0.1) is 3.57 Å². The number of benzene rings is 1. The standard InChI is InChI=1S/C12H14INO4/c1-12(2,3)17-11(16)14-18-10(15)8-4-6-9(13)7-5-8/h4-7H,1-3H3,(H,14,16). The van der Waals surface area contributed by atoms with Crippen LogP contribution in [0.15, 0.2) is 24.3 Å². The molecule has 0 heterocycles. The predicted molar refractivity (Wildman–Crippen MR) is 73.9 cm³/mol. The highest BCUT2D eigenvalue weighted by atomic mass is 127. The lowest BCUT2D eigenvalue weighted by Crippen LogP contribution is -2.34. The lowest BCUT2D eigenvalue weighted by Gasteiger charge is -2.19. The average molecular weight is 363 g/mol. The zero-order chi connectivity index (χ0) is 13.8. The molecule has 0 atom stereocenters. The molecule has 1 amide bonds. The molecule has 0 unspecified atom stereocenters. The highest BCUT2D eigenvalue weighted by Gasteiger charge is 2.17. The summed E-state index contributed by atoms with van der Waals surface area (Å²) in [5.41, 5.74) is 1.65. The van der Waals surface area contributed by atoms with E-state index in [1.165, 1.54) is 0 Å². The number of hydrogen-bond donors (Lipinski definition) is 1. The second kappa shape index (κ2) is 6.03. The van der Waals surface area contributed by atoms with E-state index in [0.717, 1.165) is 3.57 Å². The summed E-state index contributed by atoms with van der Waals surface area (Å²) in [6.45, 7) is 5.15. The number of rotatable bonds is 1. The van der Waals surface area contributed by atoms with Crippen LogP contribution >= 0.6 is 22.6 Å². The van der Waals surface area contributed by atoms with Gasteiger partial charge in [-0.2, -0.15) is 0 Å². The number of halogens is 1. The number of nitrogens with one attached hydrogen (secondary N) is 1. The summed E-state index contributed by atoms with van der Waals surface area (Å²) < 4.78 is 5.92. The van der Waals surface area contributed by atoms with Crippen LogP contribution in [0.25, 0.3) is 0 Å². The third kappa shape index (κ3) is 5.35. The Morgan fingerprint density at radius 3 is 2.22 bits per heavy atom. The molecule has 0 aliphatic carbocycles. The average Bonchev–Trinajstić information content (AvgIpc) is 2.24. The van der Waals surface area contributed by atoms with Crippen LogP contribution in [-0.2, 0) is 9.57 Å². The molecular weight excluding hydrogens is 349 g/mol. The highest BCUT2D eigenvalue weighted by Crippen LogP contribution is 2.08. The van der Waals surface area contributed by atoms with Crippen molar-refractivity contribution in [2.24, 2.45) is 0 Å². The fraction of sp³-hybridized carbons (Fsp3) is 0.333. The van der Waals surface area contributed by atoms with Crippen molar-refractivity contribution < 1.29 is 19.2 Å². The van der Waals surface area contributed by atoms with Gasteiger partial charge in [-0.1, -0.05) is 0 Å². The minimum atomic E-state index is -0.804. The Bertz CT molecular complexity index is 436. The molecule has 0 aliphatic heterocycles. The Morgan fingerprint density at radius 1 is 1.17 bits per heavy atom. The van der Waals surface area contributed by atoms with E-state index in [1.807, 2.05) is 5.48 Å². The van der Waals surface area contributed by atoms with Crippen molar-refractivity contribution >= 4 is 34.7 Å². The van der Waals surface area contributed by atoms with Gasteiger partial charge in [-0.05, 0) is 67.6 Å². The Labute approximate surface area is 119 Å². The van der Waals surface area contributed by atoms with Gasteiger partial charge in [0.1, 0.15) is 5.60 Å². The normalized spacial score (nSPS) is 10.7. The van der Waals surface area contributed by atoms with Crippen molar-refractivity contribution in [3.63, 3.8) is 0 Å². The Hall–Kier alpha value is -1.31. The summed E-state index contributed by atoms with van der Waals surface area (Å²) in [4.78, 5) is 27.4. The first-order chi connectivity index (χ1) is 8.28. The van der Waals surface area contributed by atoms with Crippen LogP contribution in [0.3, 0.4) is 0 Å². The van der Waals surface area contributed by atoms with Gasteiger partial charge in [0.25, 0.3) is 0 Å². The summed E-state index contributed by atoms with van der Waals surface area (Å²) in [5.74, 6) is -0.641.